The Kier molecular flexibility index (Phi) is 5.89. The fourth-order valence-electron chi connectivity index (χ4n) is 2.35. The van der Waals surface area contributed by atoms with Crippen LogP contribution in [0.15, 0.2) is 6.07 Å². The fraction of sp³-hybridized carbons (Fsp3) is 0.643. The standard InChI is InChI=1S/C14H22N4O4S/c1-10-8-12(18-14(16-10)15-5-3-6-22-2)13(19)17-11-4-7-23(20,21)9-11/h8,11H,3-7,9H2,1-2H3,(H,17,19)(H,15,16,18). The highest BCUT2D eigenvalue weighted by atomic mass is 32.2. The fourth-order valence-corrected chi connectivity index (χ4v) is 4.02. The minimum Gasteiger partial charge on any atom is -0.385 e. The Labute approximate surface area is 136 Å². The van der Waals surface area contributed by atoms with Gasteiger partial charge in [-0.25, -0.2) is 18.4 Å². The highest BCUT2D eigenvalue weighted by molar-refractivity contribution is 7.91. The first-order chi connectivity index (χ1) is 10.9. The van der Waals surface area contributed by atoms with Crippen molar-refractivity contribution >= 4 is 21.7 Å². The third-order valence-electron chi connectivity index (χ3n) is 3.46. The van der Waals surface area contributed by atoms with E-state index in [-0.39, 0.29) is 29.1 Å². The van der Waals surface area contributed by atoms with E-state index in [0.29, 0.717) is 31.2 Å². The smallest absolute Gasteiger partial charge is 0.270 e. The zero-order valence-electron chi connectivity index (χ0n) is 13.3. The zero-order valence-corrected chi connectivity index (χ0v) is 14.1. The second-order valence-corrected chi connectivity index (χ2v) is 7.79. The number of ether oxygens (including phenoxy) is 1. The molecule has 2 rings (SSSR count). The van der Waals surface area contributed by atoms with Gasteiger partial charge >= 0.3 is 0 Å². The van der Waals surface area contributed by atoms with Crippen LogP contribution >= 0.6 is 0 Å². The van der Waals surface area contributed by atoms with Crippen LogP contribution in [0.1, 0.15) is 29.0 Å². The number of carbonyl (C=O) groups is 1. The summed E-state index contributed by atoms with van der Waals surface area (Å²) in [5, 5.41) is 5.77. The molecule has 0 aromatic carbocycles. The maximum atomic E-state index is 12.2. The second kappa shape index (κ2) is 7.69. The molecule has 9 heteroatoms. The second-order valence-electron chi connectivity index (χ2n) is 5.56. The summed E-state index contributed by atoms with van der Waals surface area (Å²) >= 11 is 0. The van der Waals surface area contributed by atoms with Gasteiger partial charge in [0, 0.05) is 32.0 Å². The Morgan fingerprint density at radius 2 is 2.22 bits per heavy atom. The lowest BCUT2D eigenvalue weighted by Gasteiger charge is -2.12. The van der Waals surface area contributed by atoms with Crippen LogP contribution in [0, 0.1) is 6.92 Å². The topological polar surface area (TPSA) is 110 Å². The summed E-state index contributed by atoms with van der Waals surface area (Å²) in [6, 6.07) is 1.24. The van der Waals surface area contributed by atoms with Crippen molar-refractivity contribution in [2.75, 3.05) is 37.1 Å². The average Bonchev–Trinajstić information content (AvgIpc) is 2.82. The first kappa shape index (κ1) is 17.6. The maximum Gasteiger partial charge on any atom is 0.270 e. The number of rotatable bonds is 7. The number of nitrogens with one attached hydrogen (secondary N) is 2. The molecule has 1 unspecified atom stereocenters. The van der Waals surface area contributed by atoms with Crippen molar-refractivity contribution in [2.24, 2.45) is 0 Å². The van der Waals surface area contributed by atoms with Crippen LogP contribution in [0.4, 0.5) is 5.95 Å². The number of amides is 1. The molecule has 1 amide bonds. The number of carbonyl (C=O) groups excluding carboxylic acids is 1. The van der Waals surface area contributed by atoms with Crippen molar-refractivity contribution in [3.63, 3.8) is 0 Å². The Hall–Kier alpha value is -1.74. The van der Waals surface area contributed by atoms with Crippen molar-refractivity contribution in [3.8, 4) is 0 Å². The minimum absolute atomic E-state index is 0.00900. The quantitative estimate of drug-likeness (QED) is 0.679. The molecule has 8 nitrogen and oxygen atoms in total. The van der Waals surface area contributed by atoms with Gasteiger partial charge in [0.1, 0.15) is 5.69 Å². The normalized spacial score (nSPS) is 19.5. The van der Waals surface area contributed by atoms with Crippen molar-refractivity contribution in [3.05, 3.63) is 17.5 Å². The van der Waals surface area contributed by atoms with Crippen LogP contribution in [-0.2, 0) is 14.6 Å². The molecular formula is C14H22N4O4S. The molecule has 0 radical (unpaired) electrons. The molecule has 0 saturated carbocycles. The summed E-state index contributed by atoms with van der Waals surface area (Å²) in [4.78, 5) is 20.7. The highest BCUT2D eigenvalue weighted by Gasteiger charge is 2.29. The number of methoxy groups -OCH3 is 1. The molecule has 1 saturated heterocycles. The Morgan fingerprint density at radius 1 is 1.43 bits per heavy atom. The van der Waals surface area contributed by atoms with E-state index in [2.05, 4.69) is 20.6 Å². The summed E-state index contributed by atoms with van der Waals surface area (Å²) in [6.07, 6.45) is 1.25. The molecular weight excluding hydrogens is 320 g/mol. The van der Waals surface area contributed by atoms with E-state index in [1.165, 1.54) is 0 Å². The van der Waals surface area contributed by atoms with E-state index >= 15 is 0 Å². The molecule has 1 aromatic rings. The van der Waals surface area contributed by atoms with Gasteiger partial charge in [0.15, 0.2) is 9.84 Å². The molecule has 2 heterocycles. The number of anilines is 1. The molecule has 0 bridgehead atoms. The average molecular weight is 342 g/mol. The number of hydrogen-bond acceptors (Lipinski definition) is 7. The number of hydrogen-bond donors (Lipinski definition) is 2. The van der Waals surface area contributed by atoms with Crippen molar-refractivity contribution < 1.29 is 17.9 Å². The van der Waals surface area contributed by atoms with Crippen LogP contribution in [-0.4, -0.2) is 62.1 Å². The lowest BCUT2D eigenvalue weighted by atomic mass is 10.2. The first-order valence-electron chi connectivity index (χ1n) is 7.49. The Morgan fingerprint density at radius 3 is 2.87 bits per heavy atom. The van der Waals surface area contributed by atoms with Crippen LogP contribution in [0.25, 0.3) is 0 Å². The predicted molar refractivity (Wildman–Crippen MR) is 86.3 cm³/mol. The zero-order chi connectivity index (χ0) is 16.9. The molecule has 0 aliphatic carbocycles. The van der Waals surface area contributed by atoms with Crippen molar-refractivity contribution in [1.29, 1.82) is 0 Å². The van der Waals surface area contributed by atoms with Crippen molar-refractivity contribution in [1.82, 2.24) is 15.3 Å². The molecule has 2 N–H and O–H groups in total. The van der Waals surface area contributed by atoms with Gasteiger partial charge in [-0.3, -0.25) is 4.79 Å². The molecule has 1 aromatic heterocycles. The van der Waals surface area contributed by atoms with Crippen molar-refractivity contribution in [2.45, 2.75) is 25.8 Å². The molecule has 1 fully saturated rings. The number of aryl methyl sites for hydroxylation is 1. The number of sulfone groups is 1. The molecule has 1 aliphatic heterocycles. The van der Waals surface area contributed by atoms with Gasteiger partial charge in [-0.1, -0.05) is 0 Å². The van der Waals surface area contributed by atoms with E-state index in [9.17, 15) is 13.2 Å². The van der Waals surface area contributed by atoms with Gasteiger partial charge in [-0.15, -0.1) is 0 Å². The van der Waals surface area contributed by atoms with Gasteiger partial charge in [0.05, 0.1) is 11.5 Å². The third kappa shape index (κ3) is 5.43. The highest BCUT2D eigenvalue weighted by Crippen LogP contribution is 2.12. The van der Waals surface area contributed by atoms with Gasteiger partial charge in [0.2, 0.25) is 5.95 Å². The van der Waals surface area contributed by atoms with E-state index in [1.54, 1.807) is 20.1 Å². The molecule has 0 spiro atoms. The summed E-state index contributed by atoms with van der Waals surface area (Å²) in [7, 11) is -1.40. The summed E-state index contributed by atoms with van der Waals surface area (Å²) in [6.45, 7) is 3.04. The van der Waals surface area contributed by atoms with Gasteiger partial charge in [0.25, 0.3) is 5.91 Å². The SMILES string of the molecule is COCCCNc1nc(C)cc(C(=O)NC2CCS(=O)(=O)C2)n1. The Bertz CT molecular complexity index is 663. The molecule has 128 valence electrons. The van der Waals surface area contributed by atoms with Gasteiger partial charge in [-0.05, 0) is 25.8 Å². The summed E-state index contributed by atoms with van der Waals surface area (Å²) < 4.78 is 27.8. The molecule has 23 heavy (non-hydrogen) atoms. The van der Waals surface area contributed by atoms with Crippen LogP contribution in [0.2, 0.25) is 0 Å². The van der Waals surface area contributed by atoms with Crippen LogP contribution < -0.4 is 10.6 Å². The van der Waals surface area contributed by atoms with E-state index in [1.807, 2.05) is 0 Å². The third-order valence-corrected chi connectivity index (χ3v) is 5.23. The maximum absolute atomic E-state index is 12.2. The molecule has 1 aliphatic rings. The summed E-state index contributed by atoms with van der Waals surface area (Å²) in [5.74, 6) is 0.112. The number of nitrogens with zero attached hydrogens (tertiary/aromatic N) is 2. The lowest BCUT2D eigenvalue weighted by Crippen LogP contribution is -2.36. The van der Waals surface area contributed by atoms with Crippen LogP contribution in [0.3, 0.4) is 0 Å². The number of aromatic nitrogens is 2. The van der Waals surface area contributed by atoms with E-state index in [4.69, 9.17) is 4.74 Å². The van der Waals surface area contributed by atoms with Gasteiger partial charge < -0.3 is 15.4 Å². The largest absolute Gasteiger partial charge is 0.385 e. The minimum atomic E-state index is -3.03. The lowest BCUT2D eigenvalue weighted by molar-refractivity contribution is 0.0936. The first-order valence-corrected chi connectivity index (χ1v) is 9.31. The predicted octanol–water partition coefficient (Wildman–Crippen LogP) is 0.150. The molecule has 1 atom stereocenters. The van der Waals surface area contributed by atoms with E-state index in [0.717, 1.165) is 6.42 Å². The summed E-state index contributed by atoms with van der Waals surface area (Å²) in [5.41, 5.74) is 0.898. The van der Waals surface area contributed by atoms with Crippen LogP contribution in [0.5, 0.6) is 0 Å². The van der Waals surface area contributed by atoms with E-state index < -0.39 is 9.84 Å². The Balaban J connectivity index is 1.98. The van der Waals surface area contributed by atoms with Gasteiger partial charge in [-0.2, -0.15) is 0 Å². The monoisotopic (exact) mass is 342 g/mol.